The van der Waals surface area contributed by atoms with Crippen molar-refractivity contribution in [3.8, 4) is 103 Å². The van der Waals surface area contributed by atoms with Gasteiger partial charge in [-0.1, -0.05) is 54.6 Å². The number of aromatic nitrogens is 12. The lowest BCUT2D eigenvalue weighted by Gasteiger charge is -2.11. The molecule has 108 heavy (non-hydrogen) atoms. The summed E-state index contributed by atoms with van der Waals surface area (Å²) in [7, 11) is -8.43. The molecule has 12 aromatic rings. The average molecular weight is 1540 g/mol. The molecule has 2 atom stereocenters. The summed E-state index contributed by atoms with van der Waals surface area (Å²) in [5.41, 5.74) is 19.1. The van der Waals surface area contributed by atoms with E-state index in [1.807, 2.05) is 6.92 Å². The van der Waals surface area contributed by atoms with Crippen molar-refractivity contribution in [2.75, 3.05) is 31.7 Å². The molecule has 34 heteroatoms. The zero-order chi connectivity index (χ0) is 77.9. The number of aryl methyl sites for hydroxylation is 1. The summed E-state index contributed by atoms with van der Waals surface area (Å²) in [6.45, 7) is 16.6. The van der Waals surface area contributed by atoms with Crippen LogP contribution in [-0.4, -0.2) is 144 Å². The van der Waals surface area contributed by atoms with Crippen LogP contribution in [0, 0.1) is 24.4 Å². The van der Waals surface area contributed by atoms with Crippen LogP contribution in [-0.2, 0) is 49.1 Å². The van der Waals surface area contributed by atoms with E-state index in [9.17, 15) is 43.5 Å². The summed E-state index contributed by atoms with van der Waals surface area (Å²) in [6.07, 6.45) is 3.99. The van der Waals surface area contributed by atoms with Crippen LogP contribution in [0.15, 0.2) is 174 Å². The van der Waals surface area contributed by atoms with E-state index in [0.29, 0.717) is 93.6 Å². The van der Waals surface area contributed by atoms with Gasteiger partial charge in [-0.15, -0.1) is 30.6 Å². The van der Waals surface area contributed by atoms with Gasteiger partial charge in [-0.05, 0) is 153 Å². The fraction of sp³-hybridized carbons (Fsp3) is 0.270. The number of hydrogen-bond donors (Lipinski definition) is 7. The quantitative estimate of drug-likeness (QED) is 0.0279. The molecule has 0 saturated heterocycles. The van der Waals surface area contributed by atoms with Crippen molar-refractivity contribution in [2.45, 2.75) is 125 Å². The van der Waals surface area contributed by atoms with Crippen molar-refractivity contribution >= 4 is 41.1 Å². The summed E-state index contributed by atoms with van der Waals surface area (Å²) in [5.74, 6) is -1.24. The van der Waals surface area contributed by atoms with Gasteiger partial charge in [-0.2, -0.15) is 0 Å². The zero-order valence-electron chi connectivity index (χ0n) is 60.2. The highest BCUT2D eigenvalue weighted by atomic mass is 32.2. The third kappa shape index (κ3) is 18.7. The lowest BCUT2D eigenvalue weighted by Crippen LogP contribution is -2.28. The summed E-state index contributed by atoms with van der Waals surface area (Å²) < 4.78 is 135. The minimum absolute atomic E-state index is 0. The summed E-state index contributed by atoms with van der Waals surface area (Å²) >= 11 is 0. The maximum atomic E-state index is 14.8. The Kier molecular flexibility index (Phi) is 25.3. The van der Waals surface area contributed by atoms with Gasteiger partial charge in [-0.3, -0.25) is 4.98 Å². The van der Waals surface area contributed by atoms with Crippen LogP contribution in [0.3, 0.4) is 0 Å². The van der Waals surface area contributed by atoms with Gasteiger partial charge in [0.2, 0.25) is 5.89 Å². The van der Waals surface area contributed by atoms with E-state index in [0.717, 1.165) is 0 Å². The van der Waals surface area contributed by atoms with Crippen LogP contribution in [0.1, 0.15) is 80.6 Å². The van der Waals surface area contributed by atoms with Crippen LogP contribution in [0.2, 0.25) is 0 Å². The number of aliphatic hydroxyl groups excluding tert-OH is 2. The highest BCUT2D eigenvalue weighted by molar-refractivity contribution is 7.92. The Hall–Kier alpha value is -11.0. The van der Waals surface area contributed by atoms with E-state index in [2.05, 4.69) is 76.4 Å². The molecule has 0 aliphatic carbocycles. The van der Waals surface area contributed by atoms with E-state index >= 15 is 0 Å². The molecule has 0 unspecified atom stereocenters. The van der Waals surface area contributed by atoms with Gasteiger partial charge < -0.3 is 50.9 Å². The van der Waals surface area contributed by atoms with Crippen molar-refractivity contribution in [2.24, 2.45) is 0 Å². The molecule has 28 nitrogen and oxygen atoms in total. The van der Waals surface area contributed by atoms with Gasteiger partial charge in [0.15, 0.2) is 52.5 Å². The van der Waals surface area contributed by atoms with Gasteiger partial charge >= 0.3 is 0 Å². The molecule has 6 aromatic heterocycles. The number of nitrogens with one attached hydrogen (secondary N) is 3. The number of rotatable bonds is 25. The second-order valence-electron chi connectivity index (χ2n) is 25.7. The Morgan fingerprint density at radius 3 is 1.24 bits per heavy atom. The monoisotopic (exact) mass is 1540 g/mol. The molecule has 0 aliphatic rings. The van der Waals surface area contributed by atoms with Crippen LogP contribution < -0.4 is 27.4 Å². The van der Waals surface area contributed by atoms with Crippen LogP contribution in [0.5, 0.6) is 0 Å². The van der Waals surface area contributed by atoms with Gasteiger partial charge in [0.05, 0.1) is 95.6 Å². The second-order valence-corrected chi connectivity index (χ2v) is 33.2. The molecule has 0 aliphatic heterocycles. The van der Waals surface area contributed by atoms with Crippen molar-refractivity contribution in [3.05, 3.63) is 186 Å². The Labute approximate surface area is 624 Å². The van der Waals surface area contributed by atoms with Crippen molar-refractivity contribution in [1.82, 2.24) is 76.4 Å². The van der Waals surface area contributed by atoms with E-state index < -0.39 is 63.0 Å². The van der Waals surface area contributed by atoms with Crippen molar-refractivity contribution < 1.29 is 64.7 Å². The number of benzene rings is 6. The Morgan fingerprint density at radius 1 is 0.463 bits per heavy atom. The molecule has 0 bridgehead atoms. The minimum atomic E-state index is -3.41. The van der Waals surface area contributed by atoms with E-state index in [-0.39, 0.29) is 106 Å². The highest BCUT2D eigenvalue weighted by Crippen LogP contribution is 2.34. The van der Waals surface area contributed by atoms with Crippen molar-refractivity contribution in [3.63, 3.8) is 0 Å². The predicted molar refractivity (Wildman–Crippen MR) is 403 cm³/mol. The lowest BCUT2D eigenvalue weighted by atomic mass is 10.1. The van der Waals surface area contributed by atoms with Crippen LogP contribution in [0.25, 0.3) is 103 Å². The molecule has 0 spiro atoms. The maximum absolute atomic E-state index is 14.8. The Morgan fingerprint density at radius 2 is 0.843 bits per heavy atom. The summed E-state index contributed by atoms with van der Waals surface area (Å²) in [4.78, 5) is 26.9. The van der Waals surface area contributed by atoms with Gasteiger partial charge in [0.25, 0.3) is 29.5 Å². The smallest absolute Gasteiger partial charge is 0.270 e. The normalized spacial score (nSPS) is 12.4. The topological polar surface area (TPSA) is 425 Å². The van der Waals surface area contributed by atoms with Crippen LogP contribution in [0.4, 0.5) is 24.8 Å². The second kappa shape index (κ2) is 34.3. The summed E-state index contributed by atoms with van der Waals surface area (Å²) in [6, 6.07) is 32.9. The number of halogens is 3. The standard InChI is InChI=1S/2C25H27FN6O4S.C24H24FN5O3S.2H2/c1-14(2)37(34,35)18-7-5-17(6-8-18)21-12-29-23(27)22(30-21)25-32-31-24(36-25)19-9-4-16(10-20(19)26)11-28-15(3)13-33;1-14(2)37(34,35)18-7-5-17(6-8-18)21-13-29-23(27)22(30-21)25-32-31-24(36-25)19-9-4-16(10-20(19)26)12-28-11-15(3)33;1-14(2)34(31,32)19-9-7-16(8-10-19)21-13-27-15(3)22(28-21)24-30-29-23(33-24)17-5-6-18(12-26-4)20(25)11-17;;/h4-10,12,14-15,28,33H,11,13H2,1-3H3,(H2,27,29);4-10,13-15,28,33H,11-12H2,1-3H3,(H2,27,29);5-11,13-14,26H,12H2,1-4H3;2*1H/t2*15-;;;/m00.../s1. The van der Waals surface area contributed by atoms with Gasteiger partial charge in [0, 0.05) is 62.9 Å². The van der Waals surface area contributed by atoms with Gasteiger partial charge in [0.1, 0.15) is 23.1 Å². The fourth-order valence-corrected chi connectivity index (χ4v) is 13.4. The number of nitrogens with two attached hydrogens (primary N) is 2. The number of sulfone groups is 3. The van der Waals surface area contributed by atoms with E-state index in [4.69, 9.17) is 29.8 Å². The summed E-state index contributed by atoms with van der Waals surface area (Å²) in [5, 5.41) is 49.8. The Bertz CT molecular complexity index is 5530. The number of hydrogen-bond acceptors (Lipinski definition) is 28. The molecule has 6 heterocycles. The number of anilines is 2. The molecule has 6 aromatic carbocycles. The van der Waals surface area contributed by atoms with Crippen LogP contribution >= 0.6 is 0 Å². The molecule has 0 amide bonds. The van der Waals surface area contributed by atoms with E-state index in [1.165, 1.54) is 67.0 Å². The van der Waals surface area contributed by atoms with Gasteiger partial charge in [-0.25, -0.2) is 63.3 Å². The molecule has 568 valence electrons. The largest absolute Gasteiger partial charge is 0.415 e. The molecular formula is C74H82F3N17O11S3. The minimum Gasteiger partial charge on any atom is -0.415 e. The number of nitrogen functional groups attached to an aromatic ring is 2. The van der Waals surface area contributed by atoms with E-state index in [1.54, 1.807) is 141 Å². The lowest BCUT2D eigenvalue weighted by molar-refractivity contribution is 0.191. The number of aliphatic hydroxyl groups is 2. The highest BCUT2D eigenvalue weighted by Gasteiger charge is 2.26. The van der Waals surface area contributed by atoms with Crippen molar-refractivity contribution in [1.29, 1.82) is 0 Å². The first-order valence-corrected chi connectivity index (χ1v) is 38.4. The first kappa shape index (κ1) is 79.6. The molecule has 12 rings (SSSR count). The maximum Gasteiger partial charge on any atom is 0.270 e. The third-order valence-electron chi connectivity index (χ3n) is 16.6. The molecule has 0 saturated carbocycles. The Balaban J connectivity index is 0.000000206. The first-order chi connectivity index (χ1) is 51.4. The predicted octanol–water partition coefficient (Wildman–Crippen LogP) is 11.2. The zero-order valence-corrected chi connectivity index (χ0v) is 62.7. The number of nitrogens with zero attached hydrogens (tertiary/aromatic N) is 12. The molecular weight excluding hydrogens is 1460 g/mol. The fourth-order valence-electron chi connectivity index (χ4n) is 10.2. The SMILES string of the molecule is CC(C)S(=O)(=O)c1ccc(-c2cnc(N)c(-c3nnc(-c4ccc(CNC[C@H](C)O)cc4F)o3)n2)cc1.CC(C)S(=O)(=O)c1ccc(-c2cnc(N)c(-c3nnc(-c4ccc(CN[C@@H](C)CO)cc4F)o3)n2)cc1.CNCc1ccc(-c2nnc(-c3nc(-c4ccc(S(=O)(=O)C(C)C)cc4)cnc3C)o2)cc1F.[HH].[HH]. The average Bonchev–Trinajstić information content (AvgIpc) is 1.61. The molecule has 0 fully saturated rings. The molecule has 0 radical (unpaired) electrons. The molecule has 9 N–H and O–H groups in total. The first-order valence-electron chi connectivity index (χ1n) is 33.7. The third-order valence-corrected chi connectivity index (χ3v) is 23.1.